The summed E-state index contributed by atoms with van der Waals surface area (Å²) in [4.78, 5) is 0. The lowest BCUT2D eigenvalue weighted by molar-refractivity contribution is 0.292. The van der Waals surface area contributed by atoms with Gasteiger partial charge in [-0.3, -0.25) is 9.11 Å². The highest BCUT2D eigenvalue weighted by Crippen LogP contribution is 2.49. The summed E-state index contributed by atoms with van der Waals surface area (Å²) in [5, 5.41) is 5.86. The zero-order chi connectivity index (χ0) is 47.0. The van der Waals surface area contributed by atoms with Crippen LogP contribution in [0.15, 0.2) is 0 Å². The van der Waals surface area contributed by atoms with Crippen molar-refractivity contribution >= 4 is 20.2 Å². The van der Waals surface area contributed by atoms with Gasteiger partial charge in [-0.2, -0.15) is 16.8 Å². The van der Waals surface area contributed by atoms with Gasteiger partial charge in [0.25, 0.3) is 20.2 Å². The van der Waals surface area contributed by atoms with Crippen molar-refractivity contribution in [2.24, 2.45) is 0 Å². The Morgan fingerprint density at radius 3 is 0.797 bits per heavy atom. The van der Waals surface area contributed by atoms with Crippen LogP contribution in [0.2, 0.25) is 0 Å². The Hall–Kier alpha value is -3.73. The van der Waals surface area contributed by atoms with E-state index in [0.29, 0.717) is 0 Å². The summed E-state index contributed by atoms with van der Waals surface area (Å²) in [5.41, 5.74) is -4.99. The van der Waals surface area contributed by atoms with Crippen LogP contribution in [0.3, 0.4) is 0 Å². The van der Waals surface area contributed by atoms with Gasteiger partial charge in [-0.05, 0) is 38.5 Å². The van der Waals surface area contributed by atoms with E-state index in [-0.39, 0.29) is 0 Å². The van der Waals surface area contributed by atoms with Crippen LogP contribution in [0.25, 0.3) is 0 Å². The summed E-state index contributed by atoms with van der Waals surface area (Å²) in [6, 6.07) is -14.6. The first kappa shape index (κ1) is 46.8. The molecule has 0 amide bonds. The fourth-order valence-corrected chi connectivity index (χ4v) is 13.0. The molecule has 64 heavy (non-hydrogen) atoms. The molecule has 12 unspecified atom stereocenters. The molecule has 8 bridgehead atoms. The molecule has 5 fully saturated rings. The zero-order valence-electron chi connectivity index (χ0n) is 31.8. The van der Waals surface area contributed by atoms with E-state index in [9.17, 15) is 65.5 Å². The van der Waals surface area contributed by atoms with Gasteiger partial charge in [0.2, 0.25) is 17.5 Å². The number of nitrogens with one attached hydrogen (secondary N) is 4. The lowest BCUT2D eigenvalue weighted by atomic mass is 9.82. The third-order valence-electron chi connectivity index (χ3n) is 13.5. The molecule has 12 atom stereocenters. The molecule has 5 saturated heterocycles. The number of halogens is 15. The monoisotopic (exact) mass is 976 g/mol. The summed E-state index contributed by atoms with van der Waals surface area (Å²) in [7, 11) is -11.1. The molecule has 0 radical (unpaired) electrons. The molecule has 27 heteroatoms. The van der Waals surface area contributed by atoms with Gasteiger partial charge in [-0.25, -0.2) is 65.9 Å². The first-order chi connectivity index (χ1) is 29.8. The maximum atomic E-state index is 15.9. The number of hydrogen-bond acceptors (Lipinski definition) is 8. The van der Waals surface area contributed by atoms with Crippen LogP contribution in [-0.2, 0) is 20.2 Å². The molecule has 0 aliphatic carbocycles. The van der Waals surface area contributed by atoms with Crippen LogP contribution in [0.5, 0.6) is 0 Å². The maximum Gasteiger partial charge on any atom is 0.269 e. The van der Waals surface area contributed by atoms with Gasteiger partial charge in [0.1, 0.15) is 10.5 Å². The molecule has 3 aromatic carbocycles. The minimum absolute atomic E-state index is 0.547. The first-order valence-electron chi connectivity index (χ1n) is 19.3. The fraction of sp³-hybridized carbons (Fsp3) is 0.514. The molecule has 5 aliphatic heterocycles. The molecule has 0 saturated carbocycles. The van der Waals surface area contributed by atoms with Gasteiger partial charge in [0, 0.05) is 82.8 Å². The molecule has 5 aliphatic rings. The Morgan fingerprint density at radius 1 is 0.328 bits per heavy atom. The van der Waals surface area contributed by atoms with Crippen LogP contribution < -0.4 is 21.3 Å². The van der Waals surface area contributed by atoms with Gasteiger partial charge in [-0.1, -0.05) is 0 Å². The standard InChI is InChI=1S/C37H31F15N4O6S2/c38-21-18(22(39)28(45)33(50)27(21)44)15-7-1-3-9(53-7)16(19-23(40)29(46)34(51)30(47)24(19)41)36-13(63(57,58)59)5-11(55-36)12-6-14(64(60,61)62)37(56-12)17(10-4-2-8(15)54-10)20-25(42)31(48)35(52)32(49)26(20)43/h7-17,36-37,53-56H,1-6H2,(H,57,58,59)(H,60,61,62). The van der Waals surface area contributed by atoms with E-state index >= 15 is 26.3 Å². The lowest BCUT2D eigenvalue weighted by Crippen LogP contribution is -2.52. The highest BCUT2D eigenvalue weighted by Gasteiger charge is 2.58. The van der Waals surface area contributed by atoms with Crippen molar-refractivity contribution in [3.05, 3.63) is 104 Å². The first-order valence-corrected chi connectivity index (χ1v) is 22.3. The van der Waals surface area contributed by atoms with E-state index in [4.69, 9.17) is 0 Å². The second-order valence-corrected chi connectivity index (χ2v) is 19.9. The molecule has 0 spiro atoms. The Kier molecular flexibility index (Phi) is 11.9. The fourth-order valence-electron chi connectivity index (χ4n) is 10.9. The van der Waals surface area contributed by atoms with Crippen molar-refractivity contribution in [3.8, 4) is 0 Å². The van der Waals surface area contributed by atoms with Crippen molar-refractivity contribution in [1.29, 1.82) is 0 Å². The number of rotatable bonds is 5. The summed E-state index contributed by atoms with van der Waals surface area (Å²) in [5.74, 6) is -44.9. The van der Waals surface area contributed by atoms with E-state index in [1.807, 2.05) is 0 Å². The van der Waals surface area contributed by atoms with Gasteiger partial charge in [0.05, 0.1) is 0 Å². The predicted molar refractivity (Wildman–Crippen MR) is 188 cm³/mol. The van der Waals surface area contributed by atoms with E-state index in [2.05, 4.69) is 21.3 Å². The van der Waals surface area contributed by atoms with Gasteiger partial charge in [-0.15, -0.1) is 0 Å². The summed E-state index contributed by atoms with van der Waals surface area (Å²) in [6.07, 6.45) is -4.10. The third kappa shape index (κ3) is 7.26. The highest BCUT2D eigenvalue weighted by molar-refractivity contribution is 7.86. The Balaban J connectivity index is 1.40. The minimum atomic E-state index is -5.53. The lowest BCUT2D eigenvalue weighted by Gasteiger charge is -2.37. The van der Waals surface area contributed by atoms with Crippen molar-refractivity contribution in [1.82, 2.24) is 21.3 Å². The molecule has 10 nitrogen and oxygen atoms in total. The van der Waals surface area contributed by atoms with Crippen molar-refractivity contribution < 1.29 is 91.8 Å². The second kappa shape index (κ2) is 16.3. The third-order valence-corrected chi connectivity index (χ3v) is 16.0. The minimum Gasteiger partial charge on any atom is -0.310 e. The Morgan fingerprint density at radius 2 is 0.547 bits per heavy atom. The van der Waals surface area contributed by atoms with E-state index in [1.165, 1.54) is 0 Å². The largest absolute Gasteiger partial charge is 0.310 e. The predicted octanol–water partition coefficient (Wildman–Crippen LogP) is 5.65. The molecule has 6 N–H and O–H groups in total. The van der Waals surface area contributed by atoms with Crippen LogP contribution in [0, 0.1) is 87.3 Å². The molecule has 3 aromatic rings. The Bertz CT molecular complexity index is 2450. The van der Waals surface area contributed by atoms with Crippen molar-refractivity contribution in [2.75, 3.05) is 0 Å². The Labute approximate surface area is 351 Å². The molecule has 5 heterocycles. The average molecular weight is 977 g/mol. The quantitative estimate of drug-likeness (QED) is 0.0818. The van der Waals surface area contributed by atoms with E-state index in [1.54, 1.807) is 0 Å². The average Bonchev–Trinajstić information content (AvgIpc) is 4.07. The molecular formula is C37H31F15N4O6S2. The highest BCUT2D eigenvalue weighted by atomic mass is 32.2. The van der Waals surface area contributed by atoms with Crippen molar-refractivity contribution in [3.63, 3.8) is 0 Å². The van der Waals surface area contributed by atoms with Gasteiger partial charge >= 0.3 is 0 Å². The van der Waals surface area contributed by atoms with E-state index < -0.39 is 239 Å². The number of hydrogen-bond donors (Lipinski definition) is 6. The normalized spacial score (nSPS) is 33.2. The van der Waals surface area contributed by atoms with Crippen molar-refractivity contribution in [2.45, 2.75) is 115 Å². The number of fused-ring (bicyclic) bond motifs is 9. The molecule has 352 valence electrons. The van der Waals surface area contributed by atoms with Crippen LogP contribution in [-0.4, -0.2) is 84.8 Å². The zero-order valence-corrected chi connectivity index (χ0v) is 33.4. The molecule has 0 aromatic heterocycles. The van der Waals surface area contributed by atoms with Crippen LogP contribution in [0.4, 0.5) is 65.9 Å². The topological polar surface area (TPSA) is 157 Å². The molecule has 8 rings (SSSR count). The maximum absolute atomic E-state index is 15.9. The second-order valence-electron chi connectivity index (χ2n) is 16.6. The smallest absolute Gasteiger partial charge is 0.269 e. The summed E-state index contributed by atoms with van der Waals surface area (Å²) in [6.45, 7) is 0. The molecular weight excluding hydrogens is 946 g/mol. The van der Waals surface area contributed by atoms with E-state index in [0.717, 1.165) is 0 Å². The van der Waals surface area contributed by atoms with Crippen LogP contribution >= 0.6 is 0 Å². The SMILES string of the molecule is O=S(=O)(O)C1CC2NC1C(c1c(F)c(F)c(F)c(F)c1F)C1CCC(N1)C(c1c(F)c(F)c(F)c(F)c1F)C1CCC(N1)C(c1c(F)c(F)c(F)c(F)c1F)C1NC2CC1S(=O)(=O)O. The van der Waals surface area contributed by atoms with Gasteiger partial charge in [0.15, 0.2) is 69.8 Å². The number of benzene rings is 3. The van der Waals surface area contributed by atoms with Gasteiger partial charge < -0.3 is 21.3 Å². The summed E-state index contributed by atoms with van der Waals surface area (Å²) < 4.78 is 302. The summed E-state index contributed by atoms with van der Waals surface area (Å²) >= 11 is 0. The van der Waals surface area contributed by atoms with Crippen LogP contribution in [0.1, 0.15) is 73.0 Å².